The maximum Gasteiger partial charge on any atom is 0.268 e. The van der Waals surface area contributed by atoms with Crippen LogP contribution in [0.4, 0.5) is 4.39 Å². The van der Waals surface area contributed by atoms with Crippen molar-refractivity contribution in [3.05, 3.63) is 88.6 Å². The van der Waals surface area contributed by atoms with Gasteiger partial charge in [0, 0.05) is 18.0 Å². The summed E-state index contributed by atoms with van der Waals surface area (Å²) in [6.07, 6.45) is 1.59. The Bertz CT molecular complexity index is 1210. The number of methoxy groups -OCH3 is 1. The average Bonchev–Trinajstić information content (AvgIpc) is 2.73. The van der Waals surface area contributed by atoms with E-state index in [0.29, 0.717) is 38.9 Å². The van der Waals surface area contributed by atoms with E-state index in [1.54, 1.807) is 67.9 Å². The number of pyridine rings is 1. The van der Waals surface area contributed by atoms with Gasteiger partial charge >= 0.3 is 0 Å². The van der Waals surface area contributed by atoms with Gasteiger partial charge in [0.2, 0.25) is 0 Å². The molecule has 5 nitrogen and oxygen atoms in total. The lowest BCUT2D eigenvalue weighted by Gasteiger charge is -2.13. The number of thioether (sulfide) groups is 1. The molecule has 0 saturated heterocycles. The number of hydrogen-bond donors (Lipinski definition) is 0. The van der Waals surface area contributed by atoms with Crippen molar-refractivity contribution in [3.63, 3.8) is 0 Å². The van der Waals surface area contributed by atoms with E-state index < -0.39 is 0 Å². The van der Waals surface area contributed by atoms with Gasteiger partial charge in [0.25, 0.3) is 5.56 Å². The number of nitrogens with zero attached hydrogens (tertiary/aromatic N) is 3. The van der Waals surface area contributed by atoms with Gasteiger partial charge in [-0.1, -0.05) is 36.0 Å². The van der Waals surface area contributed by atoms with Crippen LogP contribution < -0.4 is 10.3 Å². The quantitative estimate of drug-likeness (QED) is 0.375. The van der Waals surface area contributed by atoms with E-state index in [9.17, 15) is 9.18 Å². The van der Waals surface area contributed by atoms with Crippen LogP contribution in [0.2, 0.25) is 0 Å². The summed E-state index contributed by atoms with van der Waals surface area (Å²) in [5.74, 6) is 0.673. The third-order valence-electron chi connectivity index (χ3n) is 4.24. The predicted octanol–water partition coefficient (Wildman–Crippen LogP) is 4.22. The topological polar surface area (TPSA) is 57.0 Å². The van der Waals surface area contributed by atoms with Crippen molar-refractivity contribution in [2.45, 2.75) is 10.9 Å². The van der Waals surface area contributed by atoms with E-state index in [2.05, 4.69) is 9.97 Å². The van der Waals surface area contributed by atoms with E-state index in [1.165, 1.54) is 22.4 Å². The van der Waals surface area contributed by atoms with Gasteiger partial charge in [0.15, 0.2) is 10.8 Å². The van der Waals surface area contributed by atoms with Crippen LogP contribution in [-0.2, 0) is 5.75 Å². The summed E-state index contributed by atoms with van der Waals surface area (Å²) in [5, 5.41) is 0.855. The Kier molecular flexibility index (Phi) is 5.08. The zero-order chi connectivity index (χ0) is 19.5. The summed E-state index contributed by atoms with van der Waals surface area (Å²) in [6, 6.07) is 17.1. The van der Waals surface area contributed by atoms with Gasteiger partial charge in [0.1, 0.15) is 11.6 Å². The van der Waals surface area contributed by atoms with Crippen LogP contribution in [0.1, 0.15) is 5.56 Å². The number of ether oxygens (including phenoxy) is 1. The molecule has 2 aromatic carbocycles. The fourth-order valence-corrected chi connectivity index (χ4v) is 3.82. The highest BCUT2D eigenvalue weighted by Crippen LogP contribution is 2.26. The highest BCUT2D eigenvalue weighted by Gasteiger charge is 2.15. The van der Waals surface area contributed by atoms with Crippen LogP contribution in [0.15, 0.2) is 76.8 Å². The van der Waals surface area contributed by atoms with E-state index in [1.807, 2.05) is 0 Å². The Morgan fingerprint density at radius 1 is 1.11 bits per heavy atom. The molecule has 0 saturated carbocycles. The zero-order valence-electron chi connectivity index (χ0n) is 15.0. The van der Waals surface area contributed by atoms with Gasteiger partial charge in [-0.3, -0.25) is 9.36 Å². The second-order valence-electron chi connectivity index (χ2n) is 5.99. The fourth-order valence-electron chi connectivity index (χ4n) is 2.83. The molecule has 4 aromatic rings. The molecule has 0 aliphatic rings. The summed E-state index contributed by atoms with van der Waals surface area (Å²) in [6.45, 7) is 0. The molecule has 0 fully saturated rings. The van der Waals surface area contributed by atoms with Gasteiger partial charge < -0.3 is 4.74 Å². The lowest BCUT2D eigenvalue weighted by atomic mass is 10.2. The first kappa shape index (κ1) is 18.2. The van der Waals surface area contributed by atoms with Gasteiger partial charge in [-0.25, -0.2) is 14.4 Å². The minimum absolute atomic E-state index is 0.234. The maximum absolute atomic E-state index is 14.0. The summed E-state index contributed by atoms with van der Waals surface area (Å²) < 4.78 is 20.8. The minimum Gasteiger partial charge on any atom is -0.497 e. The Hall–Kier alpha value is -3.19. The summed E-state index contributed by atoms with van der Waals surface area (Å²) in [7, 11) is 1.57. The lowest BCUT2D eigenvalue weighted by molar-refractivity contribution is 0.414. The SMILES string of the molecule is COc1cccc(-n2c(SCc3ccccc3F)nc3ncccc3c2=O)c1. The van der Waals surface area contributed by atoms with Crippen molar-refractivity contribution in [2.24, 2.45) is 0 Å². The third kappa shape index (κ3) is 3.48. The third-order valence-corrected chi connectivity index (χ3v) is 5.23. The summed E-state index contributed by atoms with van der Waals surface area (Å²) in [5.41, 5.74) is 1.30. The Morgan fingerprint density at radius 3 is 2.79 bits per heavy atom. The molecule has 0 unspecified atom stereocenters. The molecule has 2 heterocycles. The lowest BCUT2D eigenvalue weighted by Crippen LogP contribution is -2.22. The van der Waals surface area contributed by atoms with Gasteiger partial charge in [0.05, 0.1) is 18.2 Å². The van der Waals surface area contributed by atoms with Gasteiger partial charge in [-0.05, 0) is 35.9 Å². The van der Waals surface area contributed by atoms with E-state index in [0.717, 1.165) is 0 Å². The van der Waals surface area contributed by atoms with Crippen molar-refractivity contribution >= 4 is 22.8 Å². The normalized spacial score (nSPS) is 10.9. The molecule has 0 N–H and O–H groups in total. The number of rotatable bonds is 5. The number of fused-ring (bicyclic) bond motifs is 1. The van der Waals surface area contributed by atoms with Crippen LogP contribution in [0.3, 0.4) is 0 Å². The molecule has 2 aromatic heterocycles. The zero-order valence-corrected chi connectivity index (χ0v) is 15.8. The smallest absolute Gasteiger partial charge is 0.268 e. The second kappa shape index (κ2) is 7.82. The predicted molar refractivity (Wildman–Crippen MR) is 108 cm³/mol. The molecule has 7 heteroatoms. The second-order valence-corrected chi connectivity index (χ2v) is 6.93. The molecule has 0 bridgehead atoms. The van der Waals surface area contributed by atoms with Crippen LogP contribution in [0.5, 0.6) is 5.75 Å². The van der Waals surface area contributed by atoms with Crippen LogP contribution in [-0.4, -0.2) is 21.6 Å². The Labute approximate surface area is 164 Å². The number of aromatic nitrogens is 3. The molecule has 140 valence electrons. The molecule has 0 atom stereocenters. The van der Waals surface area contributed by atoms with Crippen LogP contribution >= 0.6 is 11.8 Å². The van der Waals surface area contributed by atoms with Crippen molar-refractivity contribution in [1.82, 2.24) is 14.5 Å². The van der Waals surface area contributed by atoms with E-state index in [4.69, 9.17) is 4.74 Å². The molecular weight excluding hydrogens is 377 g/mol. The average molecular weight is 393 g/mol. The van der Waals surface area contributed by atoms with Crippen molar-refractivity contribution < 1.29 is 9.13 Å². The molecule has 0 aliphatic heterocycles. The number of halogens is 1. The molecule has 0 radical (unpaired) electrons. The Morgan fingerprint density at radius 2 is 1.96 bits per heavy atom. The summed E-state index contributed by atoms with van der Waals surface area (Å²) >= 11 is 1.28. The van der Waals surface area contributed by atoms with Gasteiger partial charge in [-0.2, -0.15) is 0 Å². The van der Waals surface area contributed by atoms with Crippen molar-refractivity contribution in [1.29, 1.82) is 0 Å². The fraction of sp³-hybridized carbons (Fsp3) is 0.0952. The molecule has 0 aliphatic carbocycles. The molecule has 4 rings (SSSR count). The van der Waals surface area contributed by atoms with E-state index in [-0.39, 0.29) is 11.4 Å². The van der Waals surface area contributed by atoms with E-state index >= 15 is 0 Å². The maximum atomic E-state index is 14.0. The minimum atomic E-state index is -0.288. The first-order valence-corrected chi connectivity index (χ1v) is 9.54. The van der Waals surface area contributed by atoms with Crippen LogP contribution in [0, 0.1) is 5.82 Å². The molecule has 0 amide bonds. The monoisotopic (exact) mass is 393 g/mol. The first-order valence-electron chi connectivity index (χ1n) is 8.56. The van der Waals surface area contributed by atoms with Gasteiger partial charge in [-0.15, -0.1) is 0 Å². The molecule has 28 heavy (non-hydrogen) atoms. The standard InChI is InChI=1S/C21H16FN3O2S/c1-27-16-8-4-7-15(12-16)25-20(26)17-9-5-11-23-19(17)24-21(25)28-13-14-6-2-3-10-18(14)22/h2-12H,13H2,1H3. The largest absolute Gasteiger partial charge is 0.497 e. The van der Waals surface area contributed by atoms with Crippen molar-refractivity contribution in [2.75, 3.05) is 7.11 Å². The highest BCUT2D eigenvalue weighted by atomic mass is 32.2. The summed E-state index contributed by atoms with van der Waals surface area (Å²) in [4.78, 5) is 22.0. The van der Waals surface area contributed by atoms with Crippen molar-refractivity contribution in [3.8, 4) is 11.4 Å². The van der Waals surface area contributed by atoms with Crippen LogP contribution in [0.25, 0.3) is 16.7 Å². The molecule has 0 spiro atoms. The Balaban J connectivity index is 1.86. The number of hydrogen-bond acceptors (Lipinski definition) is 5. The highest BCUT2D eigenvalue weighted by molar-refractivity contribution is 7.98. The number of benzene rings is 2. The molecular formula is C21H16FN3O2S. The first-order chi connectivity index (χ1) is 13.7.